The van der Waals surface area contributed by atoms with Gasteiger partial charge in [0, 0.05) is 33.8 Å². The van der Waals surface area contributed by atoms with Gasteiger partial charge in [0.25, 0.3) is 5.91 Å². The van der Waals surface area contributed by atoms with Crippen molar-refractivity contribution in [1.29, 1.82) is 0 Å². The van der Waals surface area contributed by atoms with Gasteiger partial charge in [-0.3, -0.25) is 18.6 Å². The number of ketones is 1. The number of rotatable bonds is 12. The molecule has 3 unspecified atom stereocenters. The van der Waals surface area contributed by atoms with Crippen molar-refractivity contribution in [3.63, 3.8) is 0 Å². The fraction of sp³-hybridized carbons (Fsp3) is 0.452. The predicted octanol–water partition coefficient (Wildman–Crippen LogP) is 5.26. The van der Waals surface area contributed by atoms with Gasteiger partial charge in [-0.15, -0.1) is 0 Å². The maximum Gasteiger partial charge on any atom is 0.287 e. The Morgan fingerprint density at radius 2 is 1.62 bits per heavy atom. The number of hydrogen-bond donors (Lipinski definition) is 2. The molecule has 0 bridgehead atoms. The maximum absolute atomic E-state index is 13.0. The zero-order valence-corrected chi connectivity index (χ0v) is 25.3. The van der Waals surface area contributed by atoms with Gasteiger partial charge in [0.1, 0.15) is 16.7 Å². The Morgan fingerprint density at radius 1 is 0.950 bits per heavy atom. The number of benzene rings is 1. The van der Waals surface area contributed by atoms with Gasteiger partial charge in [-0.25, -0.2) is 4.98 Å². The van der Waals surface area contributed by atoms with Gasteiger partial charge in [0.2, 0.25) is 5.91 Å². The summed E-state index contributed by atoms with van der Waals surface area (Å²) in [4.78, 5) is 42.0. The van der Waals surface area contributed by atoms with Crippen molar-refractivity contribution in [3.8, 4) is 0 Å². The number of nitrogens with one attached hydrogen (secondary N) is 2. The molecule has 1 aromatic carbocycles. The Hall–Kier alpha value is -3.46. The van der Waals surface area contributed by atoms with Gasteiger partial charge < -0.3 is 15.1 Å². The van der Waals surface area contributed by atoms with E-state index in [0.29, 0.717) is 35.8 Å². The standard InChI is InChI=1S/C24H34N2O4.C7H9NOS/c1-6-20(27)18(12-11-15(2)3)25-23(28)19(13-16(4)5)26-24(29)22-14-17-9-7-8-10-21(17)30-22;1-10(2,9)7-5-3-4-6-8-7/h7-10,14-16,18-19H,6,11-13H2,1-5H3,(H,25,28)(H,26,29);3-6H,1H2,2H3. The van der Waals surface area contributed by atoms with Gasteiger partial charge in [-0.05, 0) is 61.2 Å². The smallest absolute Gasteiger partial charge is 0.287 e. The lowest BCUT2D eigenvalue weighted by Gasteiger charge is -2.24. The molecule has 3 atom stereocenters. The number of furan rings is 1. The monoisotopic (exact) mass is 569 g/mol. The van der Waals surface area contributed by atoms with Crippen molar-refractivity contribution in [2.24, 2.45) is 11.8 Å². The van der Waals surface area contributed by atoms with Crippen LogP contribution in [0.25, 0.3) is 11.0 Å². The molecule has 0 fully saturated rings. The summed E-state index contributed by atoms with van der Waals surface area (Å²) < 4.78 is 16.8. The molecule has 3 aromatic rings. The first-order valence-electron chi connectivity index (χ1n) is 13.7. The van der Waals surface area contributed by atoms with Gasteiger partial charge in [-0.1, -0.05) is 58.9 Å². The number of aromatic nitrogens is 1. The molecule has 0 aliphatic heterocycles. The van der Waals surface area contributed by atoms with E-state index in [1.54, 1.807) is 49.7 Å². The molecular formula is C31H43N3O5S. The van der Waals surface area contributed by atoms with Crippen LogP contribution in [0.5, 0.6) is 0 Å². The fourth-order valence-corrected chi connectivity index (χ4v) is 4.61. The van der Waals surface area contributed by atoms with E-state index in [-0.39, 0.29) is 23.4 Å². The summed E-state index contributed by atoms with van der Waals surface area (Å²) in [5.74, 6) is 3.54. The van der Waals surface area contributed by atoms with Crippen LogP contribution < -0.4 is 10.6 Å². The van der Waals surface area contributed by atoms with Crippen molar-refractivity contribution in [3.05, 3.63) is 60.5 Å². The molecule has 2 N–H and O–H groups in total. The third-order valence-corrected chi connectivity index (χ3v) is 7.27. The highest BCUT2D eigenvalue weighted by Crippen LogP contribution is 2.19. The van der Waals surface area contributed by atoms with Crippen LogP contribution in [-0.4, -0.2) is 51.0 Å². The summed E-state index contributed by atoms with van der Waals surface area (Å²) in [5.41, 5.74) is 0.620. The van der Waals surface area contributed by atoms with Gasteiger partial charge in [-0.2, -0.15) is 0 Å². The molecular weight excluding hydrogens is 526 g/mol. The third kappa shape index (κ3) is 10.6. The molecule has 0 radical (unpaired) electrons. The first-order chi connectivity index (χ1) is 18.8. The second-order valence-electron chi connectivity index (χ2n) is 10.8. The van der Waals surface area contributed by atoms with E-state index in [4.69, 9.17) is 4.42 Å². The molecule has 0 saturated heterocycles. The number of carbonyl (C=O) groups is 3. The van der Waals surface area contributed by atoms with Crippen molar-refractivity contribution in [1.82, 2.24) is 15.6 Å². The molecule has 0 aliphatic carbocycles. The molecule has 8 nitrogen and oxygen atoms in total. The van der Waals surface area contributed by atoms with Crippen LogP contribution in [0.15, 0.2) is 64.2 Å². The number of para-hydroxylation sites is 1. The molecule has 0 aliphatic rings. The number of fused-ring (bicyclic) bond motifs is 1. The van der Waals surface area contributed by atoms with Crippen LogP contribution in [0, 0.1) is 11.8 Å². The first-order valence-corrected chi connectivity index (χ1v) is 15.8. The van der Waals surface area contributed by atoms with Crippen LogP contribution >= 0.6 is 0 Å². The highest BCUT2D eigenvalue weighted by Gasteiger charge is 2.28. The molecule has 0 saturated carbocycles. The molecule has 2 heterocycles. The second kappa shape index (κ2) is 15.4. The average molecular weight is 570 g/mol. The lowest BCUT2D eigenvalue weighted by Crippen LogP contribution is -2.52. The molecule has 2 aromatic heterocycles. The summed E-state index contributed by atoms with van der Waals surface area (Å²) in [5, 5.41) is 7.07. The minimum Gasteiger partial charge on any atom is -0.451 e. The molecule has 2 amide bonds. The van der Waals surface area contributed by atoms with Gasteiger partial charge in [0.15, 0.2) is 11.5 Å². The van der Waals surface area contributed by atoms with E-state index in [1.807, 2.05) is 32.0 Å². The SMILES string of the molecule is C=S(C)(=O)c1ccccn1.CCC(=O)C(CCC(C)C)NC(=O)C(CC(C)C)NC(=O)c1cc2ccccc2o1. The number of nitrogens with zero attached hydrogens (tertiary/aromatic N) is 1. The predicted molar refractivity (Wildman–Crippen MR) is 162 cm³/mol. The lowest BCUT2D eigenvalue weighted by molar-refractivity contribution is -0.129. The number of amides is 2. The van der Waals surface area contributed by atoms with E-state index in [1.165, 1.54) is 0 Å². The minimum atomic E-state index is -2.11. The quantitative estimate of drug-likeness (QED) is 0.287. The van der Waals surface area contributed by atoms with E-state index < -0.39 is 27.5 Å². The van der Waals surface area contributed by atoms with Crippen LogP contribution in [0.3, 0.4) is 0 Å². The number of carbonyl (C=O) groups excluding carboxylic acids is 3. The Kier molecular flexibility index (Phi) is 12.6. The van der Waals surface area contributed by atoms with Crippen LogP contribution in [0.1, 0.15) is 70.9 Å². The summed E-state index contributed by atoms with van der Waals surface area (Å²) in [6.07, 6.45) is 5.47. The zero-order valence-electron chi connectivity index (χ0n) is 24.4. The Labute approximate surface area is 238 Å². The highest BCUT2D eigenvalue weighted by atomic mass is 32.2. The minimum absolute atomic E-state index is 0.0101. The van der Waals surface area contributed by atoms with Gasteiger partial charge in [0.05, 0.1) is 6.04 Å². The highest BCUT2D eigenvalue weighted by molar-refractivity contribution is 7.99. The van der Waals surface area contributed by atoms with Crippen LogP contribution in [0.2, 0.25) is 0 Å². The van der Waals surface area contributed by atoms with E-state index in [9.17, 15) is 18.6 Å². The normalized spacial score (nSPS) is 14.1. The molecule has 3 rings (SSSR count). The van der Waals surface area contributed by atoms with Crippen molar-refractivity contribution in [2.45, 2.75) is 77.4 Å². The molecule has 0 spiro atoms. The summed E-state index contributed by atoms with van der Waals surface area (Å²) in [6, 6.07) is 13.1. The topological polar surface area (TPSA) is 118 Å². The number of hydrogen-bond acceptors (Lipinski definition) is 6. The molecule has 218 valence electrons. The lowest BCUT2D eigenvalue weighted by atomic mass is 9.98. The van der Waals surface area contributed by atoms with E-state index in [2.05, 4.69) is 35.3 Å². The summed E-state index contributed by atoms with van der Waals surface area (Å²) in [7, 11) is -2.11. The second-order valence-corrected chi connectivity index (χ2v) is 13.3. The molecule has 40 heavy (non-hydrogen) atoms. The van der Waals surface area contributed by atoms with Crippen molar-refractivity contribution < 1.29 is 23.0 Å². The third-order valence-electron chi connectivity index (χ3n) is 6.14. The number of Topliss-reactive ketones (excluding diaryl/α,β-unsaturated/α-hetero) is 1. The Morgan fingerprint density at radius 3 is 2.15 bits per heavy atom. The maximum atomic E-state index is 13.0. The first kappa shape index (κ1) is 32.8. The fourth-order valence-electron chi connectivity index (χ4n) is 3.96. The summed E-state index contributed by atoms with van der Waals surface area (Å²) in [6.45, 7) is 9.95. The van der Waals surface area contributed by atoms with Crippen LogP contribution in [0.4, 0.5) is 0 Å². The summed E-state index contributed by atoms with van der Waals surface area (Å²) >= 11 is 0. The number of pyridine rings is 1. The zero-order chi connectivity index (χ0) is 29.9. The van der Waals surface area contributed by atoms with Crippen LogP contribution in [-0.2, 0) is 19.1 Å². The molecule has 9 heteroatoms. The Balaban J connectivity index is 0.000000469. The average Bonchev–Trinajstić information content (AvgIpc) is 3.35. The van der Waals surface area contributed by atoms with Crippen molar-refractivity contribution in [2.75, 3.05) is 6.26 Å². The van der Waals surface area contributed by atoms with E-state index in [0.717, 1.165) is 11.8 Å². The largest absolute Gasteiger partial charge is 0.451 e. The van der Waals surface area contributed by atoms with Gasteiger partial charge >= 0.3 is 0 Å². The Bertz CT molecular complexity index is 1330. The van der Waals surface area contributed by atoms with Crippen molar-refractivity contribution >= 4 is 44.0 Å². The van der Waals surface area contributed by atoms with E-state index >= 15 is 0 Å².